The zero-order valence-electron chi connectivity index (χ0n) is 15.2. The van der Waals surface area contributed by atoms with Crippen LogP contribution >= 0.6 is 0 Å². The highest BCUT2D eigenvalue weighted by molar-refractivity contribution is 6.06. The smallest absolute Gasteiger partial charge is 0.256 e. The minimum absolute atomic E-state index is 0.0452. The number of amides is 2. The SMILES string of the molecule is O=C(c1ccccc1-n1cncn1)N1CCC2(CC1)C(=O)Nc1ccccc12. The van der Waals surface area contributed by atoms with Gasteiger partial charge in [-0.05, 0) is 36.6 Å². The van der Waals surface area contributed by atoms with E-state index in [9.17, 15) is 9.59 Å². The van der Waals surface area contributed by atoms with E-state index in [1.54, 1.807) is 17.1 Å². The van der Waals surface area contributed by atoms with Gasteiger partial charge in [-0.15, -0.1) is 0 Å². The van der Waals surface area contributed by atoms with Crippen LogP contribution in [0.5, 0.6) is 0 Å². The van der Waals surface area contributed by atoms with Crippen LogP contribution in [0.1, 0.15) is 28.8 Å². The number of aromatic nitrogens is 3. The molecule has 1 fully saturated rings. The second kappa shape index (κ2) is 6.30. The molecule has 5 rings (SSSR count). The molecule has 0 atom stereocenters. The summed E-state index contributed by atoms with van der Waals surface area (Å²) in [6.07, 6.45) is 4.26. The van der Waals surface area contributed by atoms with E-state index >= 15 is 0 Å². The molecule has 3 aromatic rings. The van der Waals surface area contributed by atoms with Gasteiger partial charge in [0.15, 0.2) is 0 Å². The van der Waals surface area contributed by atoms with Gasteiger partial charge in [0.25, 0.3) is 5.91 Å². The first-order valence-electron chi connectivity index (χ1n) is 9.33. The van der Waals surface area contributed by atoms with E-state index < -0.39 is 5.41 Å². The molecule has 1 N–H and O–H groups in total. The van der Waals surface area contributed by atoms with E-state index in [1.807, 2.05) is 47.4 Å². The molecule has 0 bridgehead atoms. The third-order valence-corrected chi connectivity index (χ3v) is 5.83. The number of rotatable bonds is 2. The molecule has 0 aliphatic carbocycles. The Morgan fingerprint density at radius 2 is 1.79 bits per heavy atom. The number of nitrogens with one attached hydrogen (secondary N) is 1. The van der Waals surface area contributed by atoms with Crippen molar-refractivity contribution in [2.45, 2.75) is 18.3 Å². The molecule has 2 aromatic carbocycles. The number of hydrogen-bond acceptors (Lipinski definition) is 4. The maximum absolute atomic E-state index is 13.2. The van der Waals surface area contributed by atoms with Gasteiger partial charge in [0.2, 0.25) is 5.91 Å². The molecule has 1 aromatic heterocycles. The quantitative estimate of drug-likeness (QED) is 0.748. The van der Waals surface area contributed by atoms with Crippen LogP contribution in [0.25, 0.3) is 5.69 Å². The van der Waals surface area contributed by atoms with E-state index in [0.29, 0.717) is 37.2 Å². The molecule has 3 heterocycles. The van der Waals surface area contributed by atoms with Gasteiger partial charge >= 0.3 is 0 Å². The van der Waals surface area contributed by atoms with E-state index in [2.05, 4.69) is 15.4 Å². The number of likely N-dealkylation sites (tertiary alicyclic amines) is 1. The van der Waals surface area contributed by atoms with Gasteiger partial charge < -0.3 is 10.2 Å². The Morgan fingerprint density at radius 3 is 2.57 bits per heavy atom. The van der Waals surface area contributed by atoms with Crippen molar-refractivity contribution in [1.82, 2.24) is 19.7 Å². The molecule has 0 unspecified atom stereocenters. The Balaban J connectivity index is 1.40. The lowest BCUT2D eigenvalue weighted by molar-refractivity contribution is -0.122. The molecular formula is C21H19N5O2. The normalized spacial score (nSPS) is 17.4. The minimum Gasteiger partial charge on any atom is -0.338 e. The fourth-order valence-corrected chi connectivity index (χ4v) is 4.32. The Bertz CT molecular complexity index is 1050. The molecule has 140 valence electrons. The van der Waals surface area contributed by atoms with Crippen LogP contribution in [0.4, 0.5) is 5.69 Å². The minimum atomic E-state index is -0.529. The highest BCUT2D eigenvalue weighted by Gasteiger charge is 2.48. The monoisotopic (exact) mass is 373 g/mol. The van der Waals surface area contributed by atoms with Crippen molar-refractivity contribution in [1.29, 1.82) is 0 Å². The maximum atomic E-state index is 13.2. The molecule has 2 aliphatic rings. The highest BCUT2D eigenvalue weighted by Crippen LogP contribution is 2.44. The molecule has 7 nitrogen and oxygen atoms in total. The van der Waals surface area contributed by atoms with Gasteiger partial charge in [-0.3, -0.25) is 9.59 Å². The second-order valence-corrected chi connectivity index (χ2v) is 7.23. The van der Waals surface area contributed by atoms with Crippen molar-refractivity contribution in [2.75, 3.05) is 18.4 Å². The van der Waals surface area contributed by atoms with Crippen molar-refractivity contribution in [3.05, 3.63) is 72.3 Å². The third-order valence-electron chi connectivity index (χ3n) is 5.83. The number of anilines is 1. The summed E-state index contributed by atoms with van der Waals surface area (Å²) < 4.78 is 1.60. The molecular weight excluding hydrogens is 354 g/mol. The largest absolute Gasteiger partial charge is 0.338 e. The fraction of sp³-hybridized carbons (Fsp3) is 0.238. The number of carbonyl (C=O) groups excluding carboxylic acids is 2. The first kappa shape index (κ1) is 16.7. The van der Waals surface area contributed by atoms with Crippen molar-refractivity contribution in [3.8, 4) is 5.69 Å². The lowest BCUT2D eigenvalue weighted by Crippen LogP contribution is -2.48. The fourth-order valence-electron chi connectivity index (χ4n) is 4.32. The number of nitrogens with zero attached hydrogens (tertiary/aromatic N) is 4. The molecule has 0 radical (unpaired) electrons. The average Bonchev–Trinajstić information content (AvgIpc) is 3.36. The number of fused-ring (bicyclic) bond motifs is 2. The standard InChI is InChI=1S/C21H19N5O2/c27-19(15-5-1-4-8-18(15)26-14-22-13-23-26)25-11-9-21(10-12-25)16-6-2-3-7-17(16)24-20(21)28/h1-8,13-14H,9-12H2,(H,24,28). The van der Waals surface area contributed by atoms with E-state index in [0.717, 1.165) is 11.3 Å². The van der Waals surface area contributed by atoms with Gasteiger partial charge in [0, 0.05) is 18.8 Å². The third kappa shape index (κ3) is 2.43. The van der Waals surface area contributed by atoms with Gasteiger partial charge in [-0.25, -0.2) is 9.67 Å². The summed E-state index contributed by atoms with van der Waals surface area (Å²) in [6, 6.07) is 15.2. The lowest BCUT2D eigenvalue weighted by atomic mass is 9.73. The van der Waals surface area contributed by atoms with Crippen LogP contribution in [0.3, 0.4) is 0 Å². The first-order chi connectivity index (χ1) is 13.7. The number of benzene rings is 2. The Labute approximate surface area is 162 Å². The van der Waals surface area contributed by atoms with E-state index in [4.69, 9.17) is 0 Å². The van der Waals surface area contributed by atoms with E-state index in [1.165, 1.54) is 6.33 Å². The Morgan fingerprint density at radius 1 is 1.04 bits per heavy atom. The Kier molecular flexibility index (Phi) is 3.75. The highest BCUT2D eigenvalue weighted by atomic mass is 16.2. The van der Waals surface area contributed by atoms with Crippen molar-refractivity contribution >= 4 is 17.5 Å². The van der Waals surface area contributed by atoms with Crippen LogP contribution in [-0.4, -0.2) is 44.6 Å². The molecule has 2 aliphatic heterocycles. The van der Waals surface area contributed by atoms with Gasteiger partial charge in [0.05, 0.1) is 16.7 Å². The number of hydrogen-bond donors (Lipinski definition) is 1. The number of para-hydroxylation sites is 2. The molecule has 28 heavy (non-hydrogen) atoms. The van der Waals surface area contributed by atoms with Gasteiger partial charge in [-0.1, -0.05) is 30.3 Å². The van der Waals surface area contributed by atoms with Crippen molar-refractivity contribution in [2.24, 2.45) is 0 Å². The molecule has 0 saturated carbocycles. The Hall–Kier alpha value is -3.48. The van der Waals surface area contributed by atoms with Crippen molar-refractivity contribution < 1.29 is 9.59 Å². The zero-order valence-corrected chi connectivity index (χ0v) is 15.2. The van der Waals surface area contributed by atoms with Gasteiger partial charge in [0.1, 0.15) is 12.7 Å². The zero-order chi connectivity index (χ0) is 19.1. The summed E-state index contributed by atoms with van der Waals surface area (Å²) >= 11 is 0. The topological polar surface area (TPSA) is 80.1 Å². The summed E-state index contributed by atoms with van der Waals surface area (Å²) in [5.74, 6) is -0.00328. The summed E-state index contributed by atoms with van der Waals surface area (Å²) in [5, 5.41) is 7.15. The summed E-state index contributed by atoms with van der Waals surface area (Å²) in [6.45, 7) is 1.07. The lowest BCUT2D eigenvalue weighted by Gasteiger charge is -2.38. The number of piperidine rings is 1. The van der Waals surface area contributed by atoms with Crippen LogP contribution < -0.4 is 5.32 Å². The van der Waals surface area contributed by atoms with Crippen molar-refractivity contribution in [3.63, 3.8) is 0 Å². The first-order valence-corrected chi connectivity index (χ1v) is 9.33. The average molecular weight is 373 g/mol. The summed E-state index contributed by atoms with van der Waals surface area (Å²) in [7, 11) is 0. The second-order valence-electron chi connectivity index (χ2n) is 7.23. The van der Waals surface area contributed by atoms with Crippen LogP contribution in [0, 0.1) is 0 Å². The van der Waals surface area contributed by atoms with Crippen LogP contribution in [-0.2, 0) is 10.2 Å². The van der Waals surface area contributed by atoms with Crippen LogP contribution in [0.15, 0.2) is 61.2 Å². The predicted molar refractivity (Wildman–Crippen MR) is 103 cm³/mol. The molecule has 7 heteroatoms. The predicted octanol–water partition coefficient (Wildman–Crippen LogP) is 2.39. The summed E-state index contributed by atoms with van der Waals surface area (Å²) in [4.78, 5) is 31.7. The van der Waals surface area contributed by atoms with Gasteiger partial charge in [-0.2, -0.15) is 5.10 Å². The number of carbonyl (C=O) groups is 2. The molecule has 1 spiro atoms. The van der Waals surface area contributed by atoms with E-state index in [-0.39, 0.29) is 11.8 Å². The van der Waals surface area contributed by atoms with Crippen LogP contribution in [0.2, 0.25) is 0 Å². The molecule has 2 amide bonds. The molecule has 1 saturated heterocycles. The summed E-state index contributed by atoms with van der Waals surface area (Å²) in [5.41, 5.74) is 2.70. The maximum Gasteiger partial charge on any atom is 0.256 e.